The molecule has 2 aromatic heterocycles. The van der Waals surface area contributed by atoms with Gasteiger partial charge in [0, 0.05) is 12.4 Å². The number of nitrogens with one attached hydrogen (secondary N) is 1. The number of nitrogen functional groups attached to an aromatic ring is 1. The van der Waals surface area contributed by atoms with Crippen LogP contribution in [0.15, 0.2) is 18.7 Å². The molecule has 4 nitrogen and oxygen atoms in total. The number of aromatic nitrogens is 3. The van der Waals surface area contributed by atoms with Gasteiger partial charge >= 0.3 is 0 Å². The van der Waals surface area contributed by atoms with Crippen LogP contribution in [0.25, 0.3) is 11.0 Å². The Morgan fingerprint density at radius 3 is 3.00 bits per heavy atom. The maximum absolute atomic E-state index is 5.56. The molecule has 0 saturated carbocycles. The maximum atomic E-state index is 5.56. The van der Waals surface area contributed by atoms with E-state index in [0.29, 0.717) is 5.69 Å². The first-order valence-electron chi connectivity index (χ1n) is 2.90. The van der Waals surface area contributed by atoms with Gasteiger partial charge in [0.1, 0.15) is 12.0 Å². The highest BCUT2D eigenvalue weighted by molar-refractivity contribution is 5.87. The molecule has 0 bridgehead atoms. The second-order valence-electron chi connectivity index (χ2n) is 2.03. The molecule has 0 atom stereocenters. The van der Waals surface area contributed by atoms with Gasteiger partial charge in [-0.2, -0.15) is 0 Å². The van der Waals surface area contributed by atoms with Gasteiger partial charge < -0.3 is 10.7 Å². The molecule has 2 rings (SSSR count). The normalized spacial score (nSPS) is 9.45. The van der Waals surface area contributed by atoms with Crippen LogP contribution in [0, 0.1) is 0 Å². The number of nitrogens with zero attached hydrogens (tertiary/aromatic N) is 2. The van der Waals surface area contributed by atoms with E-state index in [4.69, 9.17) is 5.73 Å². The summed E-state index contributed by atoms with van der Waals surface area (Å²) in [7, 11) is 0. The fraction of sp³-hybridized carbons (Fsp3) is 0. The molecule has 0 spiro atoms. The van der Waals surface area contributed by atoms with E-state index in [1.54, 1.807) is 12.4 Å². The molecule has 0 amide bonds. The molecule has 0 aliphatic rings. The van der Waals surface area contributed by atoms with Crippen LogP contribution in [0.2, 0.25) is 0 Å². The first-order valence-corrected chi connectivity index (χ1v) is 2.90. The van der Waals surface area contributed by atoms with Crippen molar-refractivity contribution in [1.29, 1.82) is 0 Å². The summed E-state index contributed by atoms with van der Waals surface area (Å²) < 4.78 is 0. The van der Waals surface area contributed by atoms with Gasteiger partial charge in [0.2, 0.25) is 0 Å². The zero-order valence-corrected chi connectivity index (χ0v) is 6.43. The Morgan fingerprint density at radius 1 is 1.45 bits per heavy atom. The number of hydrogen-bond acceptors (Lipinski definition) is 3. The summed E-state index contributed by atoms with van der Waals surface area (Å²) in [6.07, 6.45) is 4.88. The molecule has 0 aliphatic carbocycles. The molecule has 0 radical (unpaired) electrons. The van der Waals surface area contributed by atoms with Crippen molar-refractivity contribution in [2.24, 2.45) is 0 Å². The summed E-state index contributed by atoms with van der Waals surface area (Å²) in [4.78, 5) is 10.7. The van der Waals surface area contributed by atoms with Crippen LogP contribution in [0.5, 0.6) is 0 Å². The smallest absolute Gasteiger partial charge is 0.142 e. The third-order valence-electron chi connectivity index (χ3n) is 1.39. The molecule has 0 unspecified atom stereocenters. The Bertz CT molecular complexity index is 356. The topological polar surface area (TPSA) is 67.6 Å². The molecule has 0 aromatic carbocycles. The highest BCUT2D eigenvalue weighted by atomic mass is 35.5. The maximum Gasteiger partial charge on any atom is 0.142 e. The second kappa shape index (κ2) is 2.75. The molecule has 3 N–H and O–H groups in total. The Balaban J connectivity index is 0.000000605. The van der Waals surface area contributed by atoms with E-state index < -0.39 is 0 Å². The number of halogens is 1. The molecule has 11 heavy (non-hydrogen) atoms. The predicted octanol–water partition coefficient (Wildman–Crippen LogP) is 0.962. The molecular weight excluding hydrogens is 164 g/mol. The Morgan fingerprint density at radius 2 is 2.27 bits per heavy atom. The molecule has 2 heterocycles. The summed E-state index contributed by atoms with van der Waals surface area (Å²) in [6.45, 7) is 0. The van der Waals surface area contributed by atoms with Crippen molar-refractivity contribution in [2.75, 3.05) is 5.73 Å². The van der Waals surface area contributed by atoms with Crippen LogP contribution in [-0.2, 0) is 0 Å². The van der Waals surface area contributed by atoms with Crippen molar-refractivity contribution in [3.63, 3.8) is 0 Å². The largest absolute Gasteiger partial charge is 0.397 e. The van der Waals surface area contributed by atoms with Gasteiger partial charge in [0.15, 0.2) is 0 Å². The summed E-state index contributed by atoms with van der Waals surface area (Å²) in [6, 6.07) is 0. The summed E-state index contributed by atoms with van der Waals surface area (Å²) in [5.41, 5.74) is 7.04. The van der Waals surface area contributed by atoms with Crippen LogP contribution in [0.1, 0.15) is 0 Å². The zero-order valence-electron chi connectivity index (χ0n) is 5.61. The van der Waals surface area contributed by atoms with E-state index in [2.05, 4.69) is 15.0 Å². The van der Waals surface area contributed by atoms with Crippen molar-refractivity contribution >= 4 is 29.1 Å². The molecule has 5 heteroatoms. The minimum absolute atomic E-state index is 0. The van der Waals surface area contributed by atoms with Gasteiger partial charge in [-0.1, -0.05) is 0 Å². The lowest BCUT2D eigenvalue weighted by atomic mass is 10.4. The van der Waals surface area contributed by atoms with E-state index in [1.165, 1.54) is 6.33 Å². The number of anilines is 1. The number of fused-ring (bicyclic) bond motifs is 1. The zero-order chi connectivity index (χ0) is 6.97. The van der Waals surface area contributed by atoms with Crippen molar-refractivity contribution in [3.05, 3.63) is 18.7 Å². The van der Waals surface area contributed by atoms with Gasteiger partial charge in [0.05, 0.1) is 11.1 Å². The Labute approximate surface area is 69.3 Å². The van der Waals surface area contributed by atoms with Gasteiger partial charge in [-0.25, -0.2) is 9.97 Å². The molecule has 0 saturated heterocycles. The number of aromatic amines is 1. The number of nitrogens with two attached hydrogens (primary N) is 1. The monoisotopic (exact) mass is 170 g/mol. The van der Waals surface area contributed by atoms with Crippen molar-refractivity contribution in [3.8, 4) is 0 Å². The molecule has 0 fully saturated rings. The van der Waals surface area contributed by atoms with Gasteiger partial charge in [-0.3, -0.25) is 0 Å². The lowest BCUT2D eigenvalue weighted by Crippen LogP contribution is -1.81. The van der Waals surface area contributed by atoms with Gasteiger partial charge in [0.25, 0.3) is 0 Å². The van der Waals surface area contributed by atoms with Gasteiger partial charge in [-0.05, 0) is 0 Å². The van der Waals surface area contributed by atoms with E-state index in [0.717, 1.165) is 11.0 Å². The van der Waals surface area contributed by atoms with E-state index in [1.807, 2.05) is 0 Å². The highest BCUT2D eigenvalue weighted by Crippen LogP contribution is 2.14. The Hall–Kier alpha value is -1.29. The number of hydrogen-bond donors (Lipinski definition) is 2. The molecule has 58 valence electrons. The number of H-pyrrole nitrogens is 1. The summed E-state index contributed by atoms with van der Waals surface area (Å²) in [5, 5.41) is 0.877. The van der Waals surface area contributed by atoms with Crippen LogP contribution in [0.4, 0.5) is 5.69 Å². The summed E-state index contributed by atoms with van der Waals surface area (Å²) in [5.74, 6) is 0. The van der Waals surface area contributed by atoms with Crippen molar-refractivity contribution in [2.45, 2.75) is 0 Å². The minimum atomic E-state index is 0. The minimum Gasteiger partial charge on any atom is -0.397 e. The van der Waals surface area contributed by atoms with Crippen LogP contribution >= 0.6 is 12.4 Å². The SMILES string of the molecule is Cl.Nc1c[nH]c2ncncc12. The van der Waals surface area contributed by atoms with Crippen molar-refractivity contribution < 1.29 is 0 Å². The molecular formula is C6H7ClN4. The fourth-order valence-corrected chi connectivity index (χ4v) is 0.880. The summed E-state index contributed by atoms with van der Waals surface area (Å²) >= 11 is 0. The third kappa shape index (κ3) is 1.12. The third-order valence-corrected chi connectivity index (χ3v) is 1.39. The second-order valence-corrected chi connectivity index (χ2v) is 2.03. The standard InChI is InChI=1S/C6H6N4.ClH/c7-5-2-9-6-4(5)1-8-3-10-6;/h1-3H,7H2,(H,8,9,10);1H. The lowest BCUT2D eigenvalue weighted by Gasteiger charge is -1.85. The average molecular weight is 171 g/mol. The van der Waals surface area contributed by atoms with E-state index >= 15 is 0 Å². The van der Waals surface area contributed by atoms with Gasteiger partial charge in [-0.15, -0.1) is 12.4 Å². The van der Waals surface area contributed by atoms with Crippen LogP contribution in [-0.4, -0.2) is 15.0 Å². The first-order chi connectivity index (χ1) is 4.88. The fourth-order valence-electron chi connectivity index (χ4n) is 0.880. The Kier molecular flexibility index (Phi) is 1.96. The predicted molar refractivity (Wildman–Crippen MR) is 45.5 cm³/mol. The first kappa shape index (κ1) is 7.81. The number of rotatable bonds is 0. The van der Waals surface area contributed by atoms with E-state index in [9.17, 15) is 0 Å². The highest BCUT2D eigenvalue weighted by Gasteiger charge is 1.97. The molecule has 2 aromatic rings. The average Bonchev–Trinajstić information content (AvgIpc) is 2.34. The van der Waals surface area contributed by atoms with Crippen LogP contribution < -0.4 is 5.73 Å². The van der Waals surface area contributed by atoms with Crippen LogP contribution in [0.3, 0.4) is 0 Å². The molecule has 0 aliphatic heterocycles. The lowest BCUT2D eigenvalue weighted by molar-refractivity contribution is 1.20. The quantitative estimate of drug-likeness (QED) is 0.619. The van der Waals surface area contributed by atoms with E-state index in [-0.39, 0.29) is 12.4 Å². The van der Waals surface area contributed by atoms with Crippen molar-refractivity contribution in [1.82, 2.24) is 15.0 Å².